The Morgan fingerprint density at radius 1 is 1.14 bits per heavy atom. The molecule has 1 fully saturated rings. The summed E-state index contributed by atoms with van der Waals surface area (Å²) in [7, 11) is 0. The first-order valence-electron chi connectivity index (χ1n) is 10.3. The van der Waals surface area contributed by atoms with Gasteiger partial charge in [0.25, 0.3) is 0 Å². The lowest BCUT2D eigenvalue weighted by molar-refractivity contribution is 0.229. The van der Waals surface area contributed by atoms with E-state index in [1.807, 2.05) is 16.8 Å². The molecule has 2 heterocycles. The van der Waals surface area contributed by atoms with Crippen molar-refractivity contribution in [3.05, 3.63) is 54.2 Å². The van der Waals surface area contributed by atoms with E-state index < -0.39 is 0 Å². The van der Waals surface area contributed by atoms with Crippen molar-refractivity contribution in [3.8, 4) is 11.3 Å². The monoisotopic (exact) mass is 374 g/mol. The Hall–Kier alpha value is -2.66. The van der Waals surface area contributed by atoms with Gasteiger partial charge in [-0.1, -0.05) is 24.3 Å². The van der Waals surface area contributed by atoms with Gasteiger partial charge in [-0.2, -0.15) is 9.61 Å². The Morgan fingerprint density at radius 2 is 2.07 bits per heavy atom. The van der Waals surface area contributed by atoms with Gasteiger partial charge in [0.1, 0.15) is 5.82 Å². The maximum atomic E-state index is 9.39. The highest BCUT2D eigenvalue weighted by Gasteiger charge is 2.24. The lowest BCUT2D eigenvalue weighted by Crippen LogP contribution is -2.18. The molecule has 2 aliphatic rings. The number of benzene rings is 1. The van der Waals surface area contributed by atoms with E-state index in [1.54, 1.807) is 0 Å². The number of hydrogen-bond acceptors (Lipinski definition) is 4. The van der Waals surface area contributed by atoms with Gasteiger partial charge in [0.15, 0.2) is 5.65 Å². The Labute approximate surface area is 165 Å². The molecule has 2 N–H and O–H groups in total. The Morgan fingerprint density at radius 3 is 2.89 bits per heavy atom. The van der Waals surface area contributed by atoms with Crippen molar-refractivity contribution in [1.82, 2.24) is 14.6 Å². The second-order valence-electron chi connectivity index (χ2n) is 8.03. The average Bonchev–Trinajstić information content (AvgIpc) is 3.48. The maximum Gasteiger partial charge on any atom is 0.157 e. The Kier molecular flexibility index (Phi) is 4.61. The van der Waals surface area contributed by atoms with E-state index in [1.165, 1.54) is 30.4 Å². The molecule has 0 spiro atoms. The zero-order valence-corrected chi connectivity index (χ0v) is 16.0. The number of aliphatic hydroxyl groups excluding tert-OH is 1. The van der Waals surface area contributed by atoms with Crippen LogP contribution in [0.5, 0.6) is 0 Å². The molecule has 144 valence electrons. The number of rotatable bonds is 5. The Bertz CT molecular complexity index is 1020. The van der Waals surface area contributed by atoms with Crippen LogP contribution >= 0.6 is 0 Å². The van der Waals surface area contributed by atoms with Crippen LogP contribution in [0.15, 0.2) is 48.7 Å². The summed E-state index contributed by atoms with van der Waals surface area (Å²) >= 11 is 0. The third-order valence-corrected chi connectivity index (χ3v) is 6.08. The first kappa shape index (κ1) is 17.4. The van der Waals surface area contributed by atoms with Gasteiger partial charge in [-0.05, 0) is 67.7 Å². The SMILES string of the molecule is OCC1CCC(Nc2ccnc3cc(-c4cccc(C5=CCCC5)c4)nn23)C1. The van der Waals surface area contributed by atoms with E-state index in [4.69, 9.17) is 5.10 Å². The molecule has 2 aromatic heterocycles. The second kappa shape index (κ2) is 7.40. The summed E-state index contributed by atoms with van der Waals surface area (Å²) in [5.41, 5.74) is 5.68. The van der Waals surface area contributed by atoms with Crippen molar-refractivity contribution < 1.29 is 5.11 Å². The molecule has 0 aliphatic heterocycles. The fraction of sp³-hybridized carbons (Fsp3) is 0.391. The summed E-state index contributed by atoms with van der Waals surface area (Å²) in [6.45, 7) is 0.280. The molecule has 5 nitrogen and oxygen atoms in total. The summed E-state index contributed by atoms with van der Waals surface area (Å²) < 4.78 is 1.91. The largest absolute Gasteiger partial charge is 0.396 e. The molecule has 0 radical (unpaired) electrons. The predicted molar refractivity (Wildman–Crippen MR) is 112 cm³/mol. The van der Waals surface area contributed by atoms with Gasteiger partial charge < -0.3 is 10.4 Å². The molecule has 28 heavy (non-hydrogen) atoms. The van der Waals surface area contributed by atoms with E-state index in [9.17, 15) is 5.11 Å². The summed E-state index contributed by atoms with van der Waals surface area (Å²) in [5, 5.41) is 17.9. The highest BCUT2D eigenvalue weighted by atomic mass is 16.3. The zero-order valence-electron chi connectivity index (χ0n) is 16.0. The van der Waals surface area contributed by atoms with E-state index in [2.05, 4.69) is 46.7 Å². The van der Waals surface area contributed by atoms with Crippen LogP contribution in [0, 0.1) is 5.92 Å². The minimum Gasteiger partial charge on any atom is -0.396 e. The number of fused-ring (bicyclic) bond motifs is 1. The van der Waals surface area contributed by atoms with Gasteiger partial charge in [0.2, 0.25) is 0 Å². The van der Waals surface area contributed by atoms with Gasteiger partial charge in [-0.25, -0.2) is 4.98 Å². The van der Waals surface area contributed by atoms with Crippen molar-refractivity contribution in [3.63, 3.8) is 0 Å². The fourth-order valence-corrected chi connectivity index (χ4v) is 4.54. The van der Waals surface area contributed by atoms with Crippen LogP contribution in [0.2, 0.25) is 0 Å². The van der Waals surface area contributed by atoms with Crippen molar-refractivity contribution in [2.24, 2.45) is 5.92 Å². The van der Waals surface area contributed by atoms with Crippen LogP contribution < -0.4 is 5.32 Å². The number of nitrogens with zero attached hydrogens (tertiary/aromatic N) is 3. The molecule has 0 bridgehead atoms. The number of anilines is 1. The van der Waals surface area contributed by atoms with Crippen molar-refractivity contribution in [2.45, 2.75) is 44.6 Å². The summed E-state index contributed by atoms with van der Waals surface area (Å²) in [5.74, 6) is 1.38. The van der Waals surface area contributed by atoms with Crippen molar-refractivity contribution in [1.29, 1.82) is 0 Å². The van der Waals surface area contributed by atoms with Gasteiger partial charge in [-0.15, -0.1) is 0 Å². The van der Waals surface area contributed by atoms with Crippen LogP contribution in [0.25, 0.3) is 22.5 Å². The summed E-state index contributed by atoms with van der Waals surface area (Å²) in [6.07, 6.45) is 11.0. The van der Waals surface area contributed by atoms with Crippen LogP contribution in [0.4, 0.5) is 5.82 Å². The molecule has 0 saturated heterocycles. The minimum atomic E-state index is 0.280. The smallest absolute Gasteiger partial charge is 0.157 e. The van der Waals surface area contributed by atoms with E-state index in [0.717, 1.165) is 42.0 Å². The standard InChI is InChI=1S/C23H26N4O/c28-15-16-8-9-20(12-16)25-22-10-11-24-23-14-21(26-27(22)23)19-7-3-6-18(13-19)17-4-1-2-5-17/h3-4,6-7,10-11,13-14,16,20,25,28H,1-2,5,8-9,12,15H2. The third kappa shape index (κ3) is 3.31. The highest BCUT2D eigenvalue weighted by molar-refractivity contribution is 5.73. The van der Waals surface area contributed by atoms with Crippen LogP contribution in [-0.2, 0) is 0 Å². The second-order valence-corrected chi connectivity index (χ2v) is 8.03. The summed E-state index contributed by atoms with van der Waals surface area (Å²) in [6, 6.07) is 13.1. The molecule has 3 aromatic rings. The molecule has 5 heteroatoms. The molecule has 2 unspecified atom stereocenters. The predicted octanol–water partition coefficient (Wildman–Crippen LogP) is 4.54. The lowest BCUT2D eigenvalue weighted by Gasteiger charge is -2.14. The maximum absolute atomic E-state index is 9.39. The molecule has 1 saturated carbocycles. The molecule has 0 amide bonds. The molecule has 1 aromatic carbocycles. The van der Waals surface area contributed by atoms with Gasteiger partial charge in [0.05, 0.1) is 5.69 Å². The number of aliphatic hydroxyl groups is 1. The highest BCUT2D eigenvalue weighted by Crippen LogP contribution is 2.31. The third-order valence-electron chi connectivity index (χ3n) is 6.08. The summed E-state index contributed by atoms with van der Waals surface area (Å²) in [4.78, 5) is 4.50. The molecule has 2 atom stereocenters. The average molecular weight is 374 g/mol. The van der Waals surface area contributed by atoms with Crippen LogP contribution in [-0.4, -0.2) is 32.4 Å². The number of allylic oxidation sites excluding steroid dienone is 2. The minimum absolute atomic E-state index is 0.280. The number of aromatic nitrogens is 3. The van der Waals surface area contributed by atoms with Crippen LogP contribution in [0.3, 0.4) is 0 Å². The lowest BCUT2D eigenvalue weighted by atomic mass is 10.0. The first-order chi connectivity index (χ1) is 13.8. The molecular formula is C23H26N4O. The van der Waals surface area contributed by atoms with E-state index >= 15 is 0 Å². The zero-order chi connectivity index (χ0) is 18.9. The van der Waals surface area contributed by atoms with Gasteiger partial charge in [0, 0.05) is 30.5 Å². The Balaban J connectivity index is 1.45. The van der Waals surface area contributed by atoms with Crippen molar-refractivity contribution in [2.75, 3.05) is 11.9 Å². The molecular weight excluding hydrogens is 348 g/mol. The quantitative estimate of drug-likeness (QED) is 0.688. The number of hydrogen-bond donors (Lipinski definition) is 2. The topological polar surface area (TPSA) is 62.5 Å². The van der Waals surface area contributed by atoms with E-state index in [0.29, 0.717) is 12.0 Å². The number of nitrogens with one attached hydrogen (secondary N) is 1. The fourth-order valence-electron chi connectivity index (χ4n) is 4.54. The van der Waals surface area contributed by atoms with Gasteiger partial charge in [-0.3, -0.25) is 0 Å². The van der Waals surface area contributed by atoms with Gasteiger partial charge >= 0.3 is 0 Å². The van der Waals surface area contributed by atoms with Crippen molar-refractivity contribution >= 4 is 17.0 Å². The molecule has 5 rings (SSSR count). The van der Waals surface area contributed by atoms with E-state index in [-0.39, 0.29) is 6.61 Å². The molecule has 2 aliphatic carbocycles. The van der Waals surface area contributed by atoms with Crippen LogP contribution in [0.1, 0.15) is 44.1 Å². The first-order valence-corrected chi connectivity index (χ1v) is 10.3. The normalized spacial score (nSPS) is 22.0.